The Hall–Kier alpha value is -3.39. The van der Waals surface area contributed by atoms with Gasteiger partial charge in [0.25, 0.3) is 0 Å². The predicted octanol–water partition coefficient (Wildman–Crippen LogP) is 5.32. The maximum absolute atomic E-state index is 5.66. The molecule has 0 aliphatic carbocycles. The molecule has 7 nitrogen and oxygen atoms in total. The summed E-state index contributed by atoms with van der Waals surface area (Å²) < 4.78 is 0. The third-order valence-electron chi connectivity index (χ3n) is 8.06. The molecule has 3 aromatic rings. The number of hydrogen-bond acceptors (Lipinski definition) is 6. The fourth-order valence-corrected chi connectivity index (χ4v) is 5.83. The molecule has 0 bridgehead atoms. The molecule has 0 amide bonds. The highest BCUT2D eigenvalue weighted by atomic mass is 32.1. The second-order valence-corrected chi connectivity index (χ2v) is 11.3. The first-order valence-corrected chi connectivity index (χ1v) is 14.4. The van der Waals surface area contributed by atoms with Gasteiger partial charge in [-0.05, 0) is 72.6 Å². The second-order valence-electron chi connectivity index (χ2n) is 10.9. The van der Waals surface area contributed by atoms with Crippen molar-refractivity contribution < 1.29 is 0 Å². The SMILES string of the molecule is CC1CCN(c2cc(N3Cc4ccccc4C3)nc(NC(=S)NCc3ccc(N4CCCC4)cc3)n2)CC1. The first-order valence-electron chi connectivity index (χ1n) is 14.0. The summed E-state index contributed by atoms with van der Waals surface area (Å²) in [5.41, 5.74) is 5.23. The van der Waals surface area contributed by atoms with Crippen LogP contribution in [0.1, 0.15) is 49.3 Å². The third kappa shape index (κ3) is 5.70. The van der Waals surface area contributed by atoms with Crippen molar-refractivity contribution in [3.63, 3.8) is 0 Å². The molecule has 0 spiro atoms. The Bertz CT molecular complexity index is 1240. The van der Waals surface area contributed by atoms with Crippen LogP contribution in [0.2, 0.25) is 0 Å². The molecule has 2 N–H and O–H groups in total. The largest absolute Gasteiger partial charge is 0.372 e. The zero-order valence-corrected chi connectivity index (χ0v) is 23.0. The van der Waals surface area contributed by atoms with Gasteiger partial charge in [-0.15, -0.1) is 0 Å². The van der Waals surface area contributed by atoms with Crippen molar-refractivity contribution in [3.8, 4) is 0 Å². The number of piperidine rings is 1. The summed E-state index contributed by atoms with van der Waals surface area (Å²) in [6.45, 7) is 9.07. The van der Waals surface area contributed by atoms with E-state index in [9.17, 15) is 0 Å². The minimum absolute atomic E-state index is 0.536. The van der Waals surface area contributed by atoms with Gasteiger partial charge in [-0.1, -0.05) is 43.3 Å². The monoisotopic (exact) mass is 527 g/mol. The van der Waals surface area contributed by atoms with E-state index in [4.69, 9.17) is 22.2 Å². The van der Waals surface area contributed by atoms with E-state index in [0.717, 1.165) is 56.8 Å². The van der Waals surface area contributed by atoms with E-state index < -0.39 is 0 Å². The van der Waals surface area contributed by atoms with E-state index in [1.165, 1.54) is 48.1 Å². The Morgan fingerprint density at radius 2 is 1.47 bits per heavy atom. The Kier molecular flexibility index (Phi) is 7.31. The van der Waals surface area contributed by atoms with E-state index in [2.05, 4.69) is 86.9 Å². The van der Waals surface area contributed by atoms with Crippen molar-refractivity contribution in [1.29, 1.82) is 0 Å². The van der Waals surface area contributed by atoms with Crippen LogP contribution >= 0.6 is 12.2 Å². The number of anilines is 4. The molecule has 0 saturated carbocycles. The van der Waals surface area contributed by atoms with Gasteiger partial charge in [-0.25, -0.2) is 0 Å². The fourth-order valence-electron chi connectivity index (χ4n) is 5.66. The molecule has 2 saturated heterocycles. The Morgan fingerprint density at radius 1 is 0.842 bits per heavy atom. The molecule has 1 aromatic heterocycles. The first-order chi connectivity index (χ1) is 18.6. The van der Waals surface area contributed by atoms with Crippen LogP contribution in [0, 0.1) is 5.92 Å². The minimum atomic E-state index is 0.536. The number of benzene rings is 2. The molecular weight excluding hydrogens is 490 g/mol. The number of fused-ring (bicyclic) bond motifs is 1. The molecule has 6 rings (SSSR count). The number of nitrogens with zero attached hydrogens (tertiary/aromatic N) is 5. The smallest absolute Gasteiger partial charge is 0.232 e. The second kappa shape index (κ2) is 11.2. The molecule has 0 unspecified atom stereocenters. The van der Waals surface area contributed by atoms with Gasteiger partial charge >= 0.3 is 0 Å². The average Bonchev–Trinajstić information content (AvgIpc) is 3.63. The summed E-state index contributed by atoms with van der Waals surface area (Å²) in [6, 6.07) is 19.6. The molecule has 2 fully saturated rings. The summed E-state index contributed by atoms with van der Waals surface area (Å²) in [6.07, 6.45) is 4.95. The van der Waals surface area contributed by atoms with Crippen LogP contribution in [0.25, 0.3) is 0 Å². The van der Waals surface area contributed by atoms with Crippen LogP contribution in [0.15, 0.2) is 54.6 Å². The molecule has 0 radical (unpaired) electrons. The maximum atomic E-state index is 5.66. The van der Waals surface area contributed by atoms with Crippen LogP contribution in [0.5, 0.6) is 0 Å². The lowest BCUT2D eigenvalue weighted by Crippen LogP contribution is -2.34. The topological polar surface area (TPSA) is 59.6 Å². The van der Waals surface area contributed by atoms with Gasteiger partial charge in [0.1, 0.15) is 11.6 Å². The fraction of sp³-hybridized carbons (Fsp3) is 0.433. The minimum Gasteiger partial charge on any atom is -0.372 e. The maximum Gasteiger partial charge on any atom is 0.232 e. The van der Waals surface area contributed by atoms with Crippen LogP contribution in [0.3, 0.4) is 0 Å². The summed E-state index contributed by atoms with van der Waals surface area (Å²) in [5.74, 6) is 3.22. The molecular formula is C30H37N7S. The Morgan fingerprint density at radius 3 is 2.13 bits per heavy atom. The van der Waals surface area contributed by atoms with E-state index in [0.29, 0.717) is 17.6 Å². The van der Waals surface area contributed by atoms with Crippen molar-refractivity contribution in [1.82, 2.24) is 15.3 Å². The van der Waals surface area contributed by atoms with E-state index in [1.54, 1.807) is 0 Å². The van der Waals surface area contributed by atoms with Crippen LogP contribution in [-0.2, 0) is 19.6 Å². The highest BCUT2D eigenvalue weighted by Crippen LogP contribution is 2.31. The van der Waals surface area contributed by atoms with Crippen molar-refractivity contribution in [2.75, 3.05) is 46.2 Å². The third-order valence-corrected chi connectivity index (χ3v) is 8.30. The lowest BCUT2D eigenvalue weighted by Gasteiger charge is -2.32. The van der Waals surface area contributed by atoms with Crippen molar-refractivity contribution in [3.05, 3.63) is 71.3 Å². The number of rotatable bonds is 6. The summed E-state index contributed by atoms with van der Waals surface area (Å²) in [4.78, 5) is 17.0. The lowest BCUT2D eigenvalue weighted by atomic mass is 9.99. The van der Waals surface area contributed by atoms with Gasteiger partial charge < -0.3 is 25.3 Å². The van der Waals surface area contributed by atoms with E-state index in [-0.39, 0.29) is 0 Å². The van der Waals surface area contributed by atoms with Crippen LogP contribution in [-0.4, -0.2) is 41.3 Å². The van der Waals surface area contributed by atoms with Gasteiger partial charge in [-0.3, -0.25) is 0 Å². The molecule has 8 heteroatoms. The quantitative estimate of drug-likeness (QED) is 0.418. The van der Waals surface area contributed by atoms with Crippen LogP contribution in [0.4, 0.5) is 23.3 Å². The van der Waals surface area contributed by atoms with Gasteiger partial charge in [0.2, 0.25) is 5.95 Å². The highest BCUT2D eigenvalue weighted by molar-refractivity contribution is 7.80. The standard InChI is InChI=1S/C30H37N7S/c1-22-12-16-36(17-13-22)27-18-28(37-20-24-6-2-3-7-25(24)21-37)33-29(32-27)34-30(38)31-19-23-8-10-26(11-9-23)35-14-4-5-15-35/h2-3,6-11,18,22H,4-5,12-17,19-21H2,1H3,(H2,31,32,33,34,38). The predicted molar refractivity (Wildman–Crippen MR) is 160 cm³/mol. The lowest BCUT2D eigenvalue weighted by molar-refractivity contribution is 0.436. The first kappa shape index (κ1) is 24.9. The molecule has 3 aliphatic rings. The summed E-state index contributed by atoms with van der Waals surface area (Å²) in [7, 11) is 0. The zero-order valence-electron chi connectivity index (χ0n) is 22.2. The highest BCUT2D eigenvalue weighted by Gasteiger charge is 2.24. The Labute approximate surface area is 231 Å². The molecule has 38 heavy (non-hydrogen) atoms. The Balaban J connectivity index is 1.14. The zero-order chi connectivity index (χ0) is 25.9. The summed E-state index contributed by atoms with van der Waals surface area (Å²) in [5, 5.41) is 7.16. The van der Waals surface area contributed by atoms with Gasteiger partial charge in [0.15, 0.2) is 5.11 Å². The van der Waals surface area contributed by atoms with Crippen molar-refractivity contribution in [2.45, 2.75) is 52.2 Å². The molecule has 4 heterocycles. The van der Waals surface area contributed by atoms with Crippen molar-refractivity contribution >= 4 is 40.6 Å². The number of nitrogens with one attached hydrogen (secondary N) is 2. The summed E-state index contributed by atoms with van der Waals surface area (Å²) >= 11 is 5.66. The van der Waals surface area contributed by atoms with Gasteiger partial charge in [0.05, 0.1) is 0 Å². The number of thiocarbonyl (C=S) groups is 1. The average molecular weight is 528 g/mol. The molecule has 2 aromatic carbocycles. The van der Waals surface area contributed by atoms with Gasteiger partial charge in [0, 0.05) is 57.6 Å². The van der Waals surface area contributed by atoms with E-state index >= 15 is 0 Å². The van der Waals surface area contributed by atoms with Gasteiger partial charge in [-0.2, -0.15) is 9.97 Å². The normalized spacial score (nSPS) is 17.6. The molecule has 3 aliphatic heterocycles. The molecule has 0 atom stereocenters. The van der Waals surface area contributed by atoms with Crippen LogP contribution < -0.4 is 25.3 Å². The number of hydrogen-bond donors (Lipinski definition) is 2. The van der Waals surface area contributed by atoms with E-state index in [1.807, 2.05) is 0 Å². The van der Waals surface area contributed by atoms with Crippen molar-refractivity contribution in [2.24, 2.45) is 5.92 Å². The molecule has 198 valence electrons. The number of aromatic nitrogens is 2.